The number of carbonyl (C=O) groups excluding carboxylic acids is 1. The molecular formula is C15H25N3O2. The van der Waals surface area contributed by atoms with Crippen LogP contribution in [0.2, 0.25) is 0 Å². The van der Waals surface area contributed by atoms with Gasteiger partial charge in [0.25, 0.3) is 0 Å². The van der Waals surface area contributed by atoms with Crippen LogP contribution in [0, 0.1) is 0 Å². The fraction of sp³-hybridized carbons (Fsp3) is 0.533. The average Bonchev–Trinajstić information content (AvgIpc) is 2.29. The molecule has 0 fully saturated rings. The Morgan fingerprint density at radius 1 is 1.25 bits per heavy atom. The van der Waals surface area contributed by atoms with Crippen LogP contribution in [0.25, 0.3) is 0 Å². The largest absolute Gasteiger partial charge is 0.399 e. The van der Waals surface area contributed by atoms with E-state index in [1.54, 1.807) is 0 Å². The lowest BCUT2D eigenvalue weighted by molar-refractivity contribution is -0.119. The Hall–Kier alpha value is -1.59. The summed E-state index contributed by atoms with van der Waals surface area (Å²) < 4.78 is 5.68. The second kappa shape index (κ2) is 7.26. The molecule has 1 rings (SSSR count). The van der Waals surface area contributed by atoms with E-state index in [0.717, 1.165) is 11.3 Å². The van der Waals surface area contributed by atoms with Gasteiger partial charge in [0.1, 0.15) is 0 Å². The standard InChI is InChI=1S/C15H25N3O2/c1-15(2,3)20-9-8-18(11-14(17)19)10-12-4-6-13(16)7-5-12/h4-7H,8-11,16H2,1-3H3,(H2,17,19). The third-order valence-electron chi connectivity index (χ3n) is 2.71. The van der Waals surface area contributed by atoms with Crippen LogP contribution in [0.4, 0.5) is 5.69 Å². The molecule has 4 N–H and O–H groups in total. The van der Waals surface area contributed by atoms with Crippen LogP contribution in [0.1, 0.15) is 26.3 Å². The van der Waals surface area contributed by atoms with Crippen molar-refractivity contribution < 1.29 is 9.53 Å². The Kier molecular flexibility index (Phi) is 5.98. The molecule has 0 saturated heterocycles. The lowest BCUT2D eigenvalue weighted by Crippen LogP contribution is -2.36. The van der Waals surface area contributed by atoms with Crippen LogP contribution in [-0.2, 0) is 16.1 Å². The number of hydrogen-bond acceptors (Lipinski definition) is 4. The molecule has 0 atom stereocenters. The van der Waals surface area contributed by atoms with E-state index >= 15 is 0 Å². The maximum absolute atomic E-state index is 11.1. The zero-order valence-electron chi connectivity index (χ0n) is 12.6. The molecule has 0 aliphatic carbocycles. The molecule has 0 aliphatic rings. The van der Waals surface area contributed by atoms with Crippen LogP contribution >= 0.6 is 0 Å². The molecule has 0 aliphatic heterocycles. The third kappa shape index (κ3) is 7.11. The van der Waals surface area contributed by atoms with E-state index in [4.69, 9.17) is 16.2 Å². The first-order valence-corrected chi connectivity index (χ1v) is 6.75. The van der Waals surface area contributed by atoms with Crippen LogP contribution in [-0.4, -0.2) is 36.1 Å². The van der Waals surface area contributed by atoms with Gasteiger partial charge >= 0.3 is 0 Å². The molecule has 0 saturated carbocycles. The molecule has 0 radical (unpaired) electrons. The van der Waals surface area contributed by atoms with Crippen molar-refractivity contribution in [3.63, 3.8) is 0 Å². The molecule has 20 heavy (non-hydrogen) atoms. The van der Waals surface area contributed by atoms with Gasteiger partial charge in [0.05, 0.1) is 18.8 Å². The second-order valence-corrected chi connectivity index (χ2v) is 5.88. The number of nitrogen functional groups attached to an aromatic ring is 1. The predicted octanol–water partition coefficient (Wildman–Crippen LogP) is 1.37. The monoisotopic (exact) mass is 279 g/mol. The molecular weight excluding hydrogens is 254 g/mol. The maximum atomic E-state index is 11.1. The van der Waals surface area contributed by atoms with Gasteiger partial charge < -0.3 is 16.2 Å². The summed E-state index contributed by atoms with van der Waals surface area (Å²) in [6.45, 7) is 8.10. The number of rotatable bonds is 7. The van der Waals surface area contributed by atoms with Crippen molar-refractivity contribution in [2.24, 2.45) is 5.73 Å². The summed E-state index contributed by atoms with van der Waals surface area (Å²) in [4.78, 5) is 13.1. The van der Waals surface area contributed by atoms with Crippen molar-refractivity contribution in [2.75, 3.05) is 25.4 Å². The Morgan fingerprint density at radius 3 is 2.35 bits per heavy atom. The quantitative estimate of drug-likeness (QED) is 0.739. The van der Waals surface area contributed by atoms with E-state index in [1.807, 2.05) is 49.9 Å². The highest BCUT2D eigenvalue weighted by Crippen LogP contribution is 2.10. The van der Waals surface area contributed by atoms with Crippen molar-refractivity contribution in [3.8, 4) is 0 Å². The lowest BCUT2D eigenvalue weighted by atomic mass is 10.2. The number of primary amides is 1. The van der Waals surface area contributed by atoms with Crippen molar-refractivity contribution in [2.45, 2.75) is 32.9 Å². The van der Waals surface area contributed by atoms with Gasteiger partial charge in [-0.15, -0.1) is 0 Å². The molecule has 0 spiro atoms. The number of anilines is 1. The van der Waals surface area contributed by atoms with Gasteiger partial charge in [-0.25, -0.2) is 0 Å². The fourth-order valence-electron chi connectivity index (χ4n) is 1.80. The van der Waals surface area contributed by atoms with Crippen LogP contribution in [0.15, 0.2) is 24.3 Å². The number of nitrogens with zero attached hydrogens (tertiary/aromatic N) is 1. The SMILES string of the molecule is CC(C)(C)OCCN(CC(N)=O)Cc1ccc(N)cc1. The van der Waals surface area contributed by atoms with Gasteiger partial charge in [0.15, 0.2) is 0 Å². The summed E-state index contributed by atoms with van der Waals surface area (Å²) >= 11 is 0. The maximum Gasteiger partial charge on any atom is 0.231 e. The molecule has 5 heteroatoms. The summed E-state index contributed by atoms with van der Waals surface area (Å²) in [6.07, 6.45) is 0. The number of nitrogens with two attached hydrogens (primary N) is 2. The van der Waals surface area contributed by atoms with Gasteiger partial charge in [-0.3, -0.25) is 9.69 Å². The lowest BCUT2D eigenvalue weighted by Gasteiger charge is -2.24. The summed E-state index contributed by atoms with van der Waals surface area (Å²) in [5, 5.41) is 0. The van der Waals surface area contributed by atoms with Crippen molar-refractivity contribution >= 4 is 11.6 Å². The Labute approximate surface area is 120 Å². The van der Waals surface area contributed by atoms with Crippen LogP contribution < -0.4 is 11.5 Å². The molecule has 0 aromatic heterocycles. The average molecular weight is 279 g/mol. The van der Waals surface area contributed by atoms with Gasteiger partial charge in [-0.1, -0.05) is 12.1 Å². The third-order valence-corrected chi connectivity index (χ3v) is 2.71. The molecule has 1 aromatic rings. The number of amides is 1. The zero-order chi connectivity index (χ0) is 15.2. The highest BCUT2D eigenvalue weighted by molar-refractivity contribution is 5.75. The first-order chi connectivity index (χ1) is 9.26. The molecule has 1 aromatic carbocycles. The second-order valence-electron chi connectivity index (χ2n) is 5.88. The molecule has 0 heterocycles. The minimum atomic E-state index is -0.337. The number of ether oxygens (including phenoxy) is 1. The van der Waals surface area contributed by atoms with E-state index < -0.39 is 0 Å². The van der Waals surface area contributed by atoms with Crippen molar-refractivity contribution in [1.29, 1.82) is 0 Å². The fourth-order valence-corrected chi connectivity index (χ4v) is 1.80. The Bertz CT molecular complexity index is 424. The topological polar surface area (TPSA) is 81.6 Å². The van der Waals surface area contributed by atoms with Gasteiger partial charge in [-0.2, -0.15) is 0 Å². The highest BCUT2D eigenvalue weighted by atomic mass is 16.5. The molecule has 5 nitrogen and oxygen atoms in total. The van der Waals surface area contributed by atoms with E-state index in [-0.39, 0.29) is 18.1 Å². The van der Waals surface area contributed by atoms with Gasteiger partial charge in [0.2, 0.25) is 5.91 Å². The molecule has 1 amide bonds. The van der Waals surface area contributed by atoms with Gasteiger partial charge in [-0.05, 0) is 38.5 Å². The number of carbonyl (C=O) groups is 1. The van der Waals surface area contributed by atoms with Crippen molar-refractivity contribution in [1.82, 2.24) is 4.90 Å². The number of benzene rings is 1. The first kappa shape index (κ1) is 16.5. The van der Waals surface area contributed by atoms with Crippen molar-refractivity contribution in [3.05, 3.63) is 29.8 Å². The predicted molar refractivity (Wildman–Crippen MR) is 81.0 cm³/mol. The van der Waals surface area contributed by atoms with E-state index in [1.165, 1.54) is 0 Å². The van der Waals surface area contributed by atoms with Crippen LogP contribution in [0.3, 0.4) is 0 Å². The smallest absolute Gasteiger partial charge is 0.231 e. The van der Waals surface area contributed by atoms with E-state index in [0.29, 0.717) is 19.7 Å². The summed E-state index contributed by atoms with van der Waals surface area (Å²) in [6, 6.07) is 7.61. The minimum Gasteiger partial charge on any atom is -0.399 e. The Balaban J connectivity index is 2.55. The molecule has 112 valence electrons. The van der Waals surface area contributed by atoms with E-state index in [2.05, 4.69) is 0 Å². The normalized spacial score (nSPS) is 11.8. The molecule has 0 bridgehead atoms. The summed E-state index contributed by atoms with van der Waals surface area (Å²) in [5.41, 5.74) is 12.6. The summed E-state index contributed by atoms with van der Waals surface area (Å²) in [7, 11) is 0. The van der Waals surface area contributed by atoms with Crippen LogP contribution in [0.5, 0.6) is 0 Å². The van der Waals surface area contributed by atoms with Gasteiger partial charge in [0, 0.05) is 18.8 Å². The minimum absolute atomic E-state index is 0.181. The van der Waals surface area contributed by atoms with E-state index in [9.17, 15) is 4.79 Å². The highest BCUT2D eigenvalue weighted by Gasteiger charge is 2.13. The first-order valence-electron chi connectivity index (χ1n) is 6.75. The number of hydrogen-bond donors (Lipinski definition) is 2. The molecule has 0 unspecified atom stereocenters. The Morgan fingerprint density at radius 2 is 1.85 bits per heavy atom. The summed E-state index contributed by atoms with van der Waals surface area (Å²) in [5.74, 6) is -0.337. The zero-order valence-corrected chi connectivity index (χ0v) is 12.6.